The van der Waals surface area contributed by atoms with Crippen LogP contribution < -0.4 is 4.74 Å². The molecule has 0 atom stereocenters. The number of hydrogen-bond acceptors (Lipinski definition) is 3. The molecule has 0 radical (unpaired) electrons. The fourth-order valence-corrected chi connectivity index (χ4v) is 2.47. The Hall–Kier alpha value is -2.20. The zero-order valence-corrected chi connectivity index (χ0v) is 11.8. The number of aryl methyl sites for hydroxylation is 1. The van der Waals surface area contributed by atoms with Gasteiger partial charge in [-0.05, 0) is 35.9 Å². The van der Waals surface area contributed by atoms with Gasteiger partial charge in [0, 0.05) is 13.2 Å². The molecule has 102 valence electrons. The Labute approximate surface area is 120 Å². The second-order valence-corrected chi connectivity index (χ2v) is 4.81. The van der Waals surface area contributed by atoms with Crippen molar-refractivity contribution in [2.24, 2.45) is 7.05 Å². The maximum absolute atomic E-state index is 12.5. The lowest BCUT2D eigenvalue weighted by molar-refractivity contribution is 0.101. The molecule has 2 aromatic heterocycles. The summed E-state index contributed by atoms with van der Waals surface area (Å²) in [5.74, 6) is 0.657. The van der Waals surface area contributed by atoms with Crippen LogP contribution in [0.3, 0.4) is 0 Å². The number of fused-ring (bicyclic) bond motifs is 1. The molecule has 5 heteroatoms. The van der Waals surface area contributed by atoms with Gasteiger partial charge in [-0.3, -0.25) is 4.79 Å². The second-order valence-electron chi connectivity index (χ2n) is 4.44. The van der Waals surface area contributed by atoms with E-state index < -0.39 is 0 Å². The highest BCUT2D eigenvalue weighted by Crippen LogP contribution is 2.32. The van der Waals surface area contributed by atoms with Crippen LogP contribution in [0.25, 0.3) is 10.9 Å². The van der Waals surface area contributed by atoms with Crippen LogP contribution in [0.4, 0.5) is 0 Å². The van der Waals surface area contributed by atoms with Crippen LogP contribution in [0.15, 0.2) is 40.9 Å². The normalized spacial score (nSPS) is 10.9. The summed E-state index contributed by atoms with van der Waals surface area (Å²) < 4.78 is 12.4. The molecule has 3 aromatic rings. The van der Waals surface area contributed by atoms with Crippen molar-refractivity contribution in [1.82, 2.24) is 4.57 Å². The minimum Gasteiger partial charge on any atom is -0.496 e. The summed E-state index contributed by atoms with van der Waals surface area (Å²) in [4.78, 5) is 12.5. The molecule has 1 aromatic carbocycles. The van der Waals surface area contributed by atoms with Gasteiger partial charge in [0.05, 0.1) is 23.6 Å². The second kappa shape index (κ2) is 4.72. The summed E-state index contributed by atoms with van der Waals surface area (Å²) >= 11 is 5.73. The molecule has 0 unspecified atom stereocenters. The summed E-state index contributed by atoms with van der Waals surface area (Å²) in [6.45, 7) is 0. The number of methoxy groups -OCH3 is 1. The third-order valence-electron chi connectivity index (χ3n) is 3.24. The molecule has 0 N–H and O–H groups in total. The predicted octanol–water partition coefficient (Wildman–Crippen LogP) is 3.66. The lowest BCUT2D eigenvalue weighted by atomic mass is 10.1. The van der Waals surface area contributed by atoms with E-state index >= 15 is 0 Å². The van der Waals surface area contributed by atoms with Gasteiger partial charge in [0.1, 0.15) is 5.75 Å². The molecule has 3 rings (SSSR count). The summed E-state index contributed by atoms with van der Waals surface area (Å²) in [7, 11) is 3.47. The van der Waals surface area contributed by atoms with E-state index in [0.717, 1.165) is 10.9 Å². The van der Waals surface area contributed by atoms with Gasteiger partial charge in [-0.1, -0.05) is 6.07 Å². The topological polar surface area (TPSA) is 44.4 Å². The number of furan rings is 1. The van der Waals surface area contributed by atoms with E-state index in [2.05, 4.69) is 0 Å². The zero-order valence-electron chi connectivity index (χ0n) is 11.0. The molecule has 0 fully saturated rings. The molecule has 0 saturated heterocycles. The first-order valence-corrected chi connectivity index (χ1v) is 6.41. The SMILES string of the molecule is COc1cccc2c1c(C(=O)c1ccc(Cl)o1)cn2C. The van der Waals surface area contributed by atoms with Gasteiger partial charge >= 0.3 is 0 Å². The van der Waals surface area contributed by atoms with E-state index in [1.807, 2.05) is 29.8 Å². The molecule has 0 bridgehead atoms. The highest BCUT2D eigenvalue weighted by atomic mass is 35.5. The van der Waals surface area contributed by atoms with Crippen molar-refractivity contribution in [3.8, 4) is 5.75 Å². The molecule has 0 aliphatic heterocycles. The number of aromatic nitrogens is 1. The van der Waals surface area contributed by atoms with Gasteiger partial charge < -0.3 is 13.7 Å². The first kappa shape index (κ1) is 12.8. The van der Waals surface area contributed by atoms with Crippen molar-refractivity contribution in [1.29, 1.82) is 0 Å². The largest absolute Gasteiger partial charge is 0.496 e. The van der Waals surface area contributed by atoms with Crippen LogP contribution in [0.1, 0.15) is 16.1 Å². The smallest absolute Gasteiger partial charge is 0.230 e. The van der Waals surface area contributed by atoms with Gasteiger partial charge in [-0.15, -0.1) is 0 Å². The van der Waals surface area contributed by atoms with Crippen molar-refractivity contribution < 1.29 is 13.9 Å². The standard InChI is InChI=1S/C15H12ClNO3/c1-17-8-9(15(18)12-6-7-13(16)20-12)14-10(17)4-3-5-11(14)19-2/h3-8H,1-2H3. The summed E-state index contributed by atoms with van der Waals surface area (Å²) in [6, 6.07) is 8.77. The number of nitrogens with zero attached hydrogens (tertiary/aromatic N) is 1. The highest BCUT2D eigenvalue weighted by Gasteiger charge is 2.21. The van der Waals surface area contributed by atoms with Gasteiger partial charge in [0.15, 0.2) is 11.0 Å². The van der Waals surface area contributed by atoms with Crippen molar-refractivity contribution in [2.75, 3.05) is 7.11 Å². The number of carbonyl (C=O) groups is 1. The monoisotopic (exact) mass is 289 g/mol. The maximum Gasteiger partial charge on any atom is 0.230 e. The summed E-state index contributed by atoms with van der Waals surface area (Å²) in [5, 5.41) is 0.968. The molecular weight excluding hydrogens is 278 g/mol. The van der Waals surface area contributed by atoms with Gasteiger partial charge in [0.2, 0.25) is 5.78 Å². The fraction of sp³-hybridized carbons (Fsp3) is 0.133. The molecular formula is C15H12ClNO3. The Balaban J connectivity index is 2.23. The zero-order chi connectivity index (χ0) is 14.3. The first-order chi connectivity index (χ1) is 9.61. The Morgan fingerprint density at radius 3 is 2.75 bits per heavy atom. The molecule has 0 saturated carbocycles. The molecule has 0 amide bonds. The Bertz CT molecular complexity index is 801. The third kappa shape index (κ3) is 1.89. The van der Waals surface area contributed by atoms with Gasteiger partial charge in [0.25, 0.3) is 0 Å². The van der Waals surface area contributed by atoms with E-state index in [0.29, 0.717) is 11.3 Å². The van der Waals surface area contributed by atoms with E-state index in [4.69, 9.17) is 20.8 Å². The lowest BCUT2D eigenvalue weighted by Crippen LogP contribution is -1.99. The number of rotatable bonds is 3. The number of carbonyl (C=O) groups excluding carboxylic acids is 1. The fourth-order valence-electron chi connectivity index (χ4n) is 2.32. The van der Waals surface area contributed by atoms with Crippen molar-refractivity contribution in [2.45, 2.75) is 0 Å². The number of ether oxygens (including phenoxy) is 1. The summed E-state index contributed by atoms with van der Waals surface area (Å²) in [6.07, 6.45) is 1.77. The molecule has 0 aliphatic carbocycles. The van der Waals surface area contributed by atoms with Crippen LogP contribution in [-0.2, 0) is 7.05 Å². The molecule has 4 nitrogen and oxygen atoms in total. The number of hydrogen-bond donors (Lipinski definition) is 0. The molecule has 20 heavy (non-hydrogen) atoms. The molecule has 2 heterocycles. The van der Waals surface area contributed by atoms with Crippen molar-refractivity contribution >= 4 is 28.3 Å². The lowest BCUT2D eigenvalue weighted by Gasteiger charge is -2.03. The summed E-state index contributed by atoms with van der Waals surface area (Å²) in [5.41, 5.74) is 1.45. The van der Waals surface area contributed by atoms with E-state index in [1.54, 1.807) is 25.4 Å². The average molecular weight is 290 g/mol. The number of benzene rings is 1. The molecule has 0 aliphatic rings. The van der Waals surface area contributed by atoms with Crippen LogP contribution in [0, 0.1) is 0 Å². The maximum atomic E-state index is 12.5. The average Bonchev–Trinajstić information content (AvgIpc) is 3.02. The van der Waals surface area contributed by atoms with Gasteiger partial charge in [-0.2, -0.15) is 0 Å². The quantitative estimate of drug-likeness (QED) is 0.691. The Morgan fingerprint density at radius 1 is 1.30 bits per heavy atom. The van der Waals surface area contributed by atoms with E-state index in [9.17, 15) is 4.79 Å². The highest BCUT2D eigenvalue weighted by molar-refractivity contribution is 6.29. The predicted molar refractivity (Wildman–Crippen MR) is 76.6 cm³/mol. The van der Waals surface area contributed by atoms with Gasteiger partial charge in [-0.25, -0.2) is 0 Å². The third-order valence-corrected chi connectivity index (χ3v) is 3.44. The number of halogens is 1. The van der Waals surface area contributed by atoms with Crippen molar-refractivity contribution in [3.63, 3.8) is 0 Å². The van der Waals surface area contributed by atoms with Crippen molar-refractivity contribution in [3.05, 3.63) is 53.1 Å². The molecule has 0 spiro atoms. The van der Waals surface area contributed by atoms with Crippen LogP contribution >= 0.6 is 11.6 Å². The van der Waals surface area contributed by atoms with E-state index in [-0.39, 0.29) is 16.8 Å². The Morgan fingerprint density at radius 2 is 2.10 bits per heavy atom. The minimum atomic E-state index is -0.216. The van der Waals surface area contributed by atoms with Crippen LogP contribution in [0.5, 0.6) is 5.75 Å². The van der Waals surface area contributed by atoms with E-state index in [1.165, 1.54) is 0 Å². The number of ketones is 1. The van der Waals surface area contributed by atoms with Crippen LogP contribution in [-0.4, -0.2) is 17.5 Å². The Kier molecular flexibility index (Phi) is 3.03. The first-order valence-electron chi connectivity index (χ1n) is 6.04. The van der Waals surface area contributed by atoms with Crippen LogP contribution in [0.2, 0.25) is 5.22 Å². The minimum absolute atomic E-state index is 0.195.